The highest BCUT2D eigenvalue weighted by Gasteiger charge is 2.17. The summed E-state index contributed by atoms with van der Waals surface area (Å²) in [5.41, 5.74) is 2.52. The smallest absolute Gasteiger partial charge is 0.118 e. The third-order valence-electron chi connectivity index (χ3n) is 3.95. The molecule has 0 bridgehead atoms. The molecule has 2 aromatic carbocycles. The first-order valence-electron chi connectivity index (χ1n) is 8.20. The van der Waals surface area contributed by atoms with Crippen LogP contribution in [-0.2, 0) is 6.42 Å². The van der Waals surface area contributed by atoms with Crippen LogP contribution in [-0.4, -0.2) is 18.6 Å². The van der Waals surface area contributed by atoms with Crippen molar-refractivity contribution in [1.82, 2.24) is 5.32 Å². The number of unbranched alkanes of at least 4 members (excludes halogenated alkanes) is 1. The molecule has 0 spiro atoms. The molecule has 0 aliphatic rings. The Labute approximate surface area is 144 Å². The summed E-state index contributed by atoms with van der Waals surface area (Å²) in [6.07, 6.45) is 3.22. The number of hydrogen-bond acceptors (Lipinski definition) is 2. The Morgan fingerprint density at radius 2 is 1.78 bits per heavy atom. The molecule has 1 N–H and O–H groups in total. The number of methoxy groups -OCH3 is 1. The molecule has 0 amide bonds. The second-order valence-corrected chi connectivity index (χ2v) is 6.10. The highest BCUT2D eigenvalue weighted by molar-refractivity contribution is 7.80. The zero-order valence-corrected chi connectivity index (χ0v) is 14.7. The van der Waals surface area contributed by atoms with Gasteiger partial charge in [-0.15, -0.1) is 0 Å². The highest BCUT2D eigenvalue weighted by atomic mass is 32.1. The lowest BCUT2D eigenvalue weighted by Gasteiger charge is -2.20. The van der Waals surface area contributed by atoms with E-state index in [1.165, 1.54) is 17.5 Å². The summed E-state index contributed by atoms with van der Waals surface area (Å²) in [4.78, 5) is 0.924. The van der Waals surface area contributed by atoms with E-state index in [0.29, 0.717) is 0 Å². The van der Waals surface area contributed by atoms with E-state index in [4.69, 9.17) is 17.0 Å². The van der Waals surface area contributed by atoms with Crippen molar-refractivity contribution in [3.8, 4) is 5.75 Å². The molecule has 0 aliphatic carbocycles. The number of thiocarbonyl (C=S) groups is 1. The number of ether oxygens (including phenoxy) is 1. The zero-order chi connectivity index (χ0) is 16.5. The zero-order valence-electron chi connectivity index (χ0n) is 13.9. The van der Waals surface area contributed by atoms with E-state index >= 15 is 0 Å². The van der Waals surface area contributed by atoms with Crippen LogP contribution in [0.25, 0.3) is 0 Å². The number of benzene rings is 2. The molecule has 1 unspecified atom stereocenters. The van der Waals surface area contributed by atoms with Crippen LogP contribution in [0.1, 0.15) is 36.8 Å². The summed E-state index contributed by atoms with van der Waals surface area (Å²) in [6, 6.07) is 18.7. The number of rotatable bonds is 8. The lowest BCUT2D eigenvalue weighted by atomic mass is 9.91. The van der Waals surface area contributed by atoms with Crippen LogP contribution in [0.5, 0.6) is 5.75 Å². The molecule has 23 heavy (non-hydrogen) atoms. The minimum atomic E-state index is 0.190. The van der Waals surface area contributed by atoms with Gasteiger partial charge in [0.2, 0.25) is 0 Å². The van der Waals surface area contributed by atoms with Crippen LogP contribution in [0.3, 0.4) is 0 Å². The molecule has 0 aliphatic heterocycles. The average molecular weight is 327 g/mol. The fourth-order valence-electron chi connectivity index (χ4n) is 2.56. The average Bonchev–Trinajstić information content (AvgIpc) is 2.61. The molecule has 0 saturated carbocycles. The van der Waals surface area contributed by atoms with E-state index in [1.54, 1.807) is 7.11 Å². The Hall–Kier alpha value is -1.87. The van der Waals surface area contributed by atoms with Crippen molar-refractivity contribution in [2.45, 2.75) is 32.1 Å². The van der Waals surface area contributed by atoms with E-state index in [0.717, 1.165) is 30.1 Å². The quantitative estimate of drug-likeness (QED) is 0.559. The standard InChI is InChI=1S/C20H25NOS/c1-3-4-14-21-20(23)19(15-16-8-6-5-7-9-16)17-10-12-18(22-2)13-11-17/h5-13,19H,3-4,14-15H2,1-2H3,(H,21,23). The minimum absolute atomic E-state index is 0.190. The van der Waals surface area contributed by atoms with Gasteiger partial charge in [-0.1, -0.05) is 68.0 Å². The lowest BCUT2D eigenvalue weighted by Crippen LogP contribution is -2.29. The van der Waals surface area contributed by atoms with E-state index in [-0.39, 0.29) is 5.92 Å². The van der Waals surface area contributed by atoms with Crippen molar-refractivity contribution in [1.29, 1.82) is 0 Å². The molecule has 2 nitrogen and oxygen atoms in total. The van der Waals surface area contributed by atoms with E-state index < -0.39 is 0 Å². The fourth-order valence-corrected chi connectivity index (χ4v) is 2.88. The molecule has 2 rings (SSSR count). The van der Waals surface area contributed by atoms with Gasteiger partial charge < -0.3 is 10.1 Å². The monoisotopic (exact) mass is 327 g/mol. The van der Waals surface area contributed by atoms with Crippen molar-refractivity contribution in [3.05, 3.63) is 65.7 Å². The number of hydrogen-bond donors (Lipinski definition) is 1. The van der Waals surface area contributed by atoms with Gasteiger partial charge in [0, 0.05) is 12.5 Å². The topological polar surface area (TPSA) is 21.3 Å². The minimum Gasteiger partial charge on any atom is -0.497 e. The predicted molar refractivity (Wildman–Crippen MR) is 101 cm³/mol. The van der Waals surface area contributed by atoms with E-state index in [9.17, 15) is 0 Å². The van der Waals surface area contributed by atoms with Crippen LogP contribution >= 0.6 is 12.2 Å². The summed E-state index contributed by atoms with van der Waals surface area (Å²) in [5, 5.41) is 3.43. The lowest BCUT2D eigenvalue weighted by molar-refractivity contribution is 0.414. The third kappa shape index (κ3) is 5.36. The normalized spacial score (nSPS) is 11.7. The summed E-state index contributed by atoms with van der Waals surface area (Å²) < 4.78 is 5.26. The van der Waals surface area contributed by atoms with Crippen molar-refractivity contribution in [2.75, 3.05) is 13.7 Å². The Kier molecular flexibility index (Phi) is 7.08. The first kappa shape index (κ1) is 17.5. The summed E-state index contributed by atoms with van der Waals surface area (Å²) in [6.45, 7) is 3.13. The predicted octanol–water partition coefficient (Wildman–Crippen LogP) is 4.74. The van der Waals surface area contributed by atoms with Crippen LogP contribution in [0.15, 0.2) is 54.6 Å². The van der Waals surface area contributed by atoms with Gasteiger partial charge in [0.15, 0.2) is 0 Å². The van der Waals surface area contributed by atoms with E-state index in [2.05, 4.69) is 48.6 Å². The number of nitrogens with one attached hydrogen (secondary N) is 1. The van der Waals surface area contributed by atoms with Crippen LogP contribution < -0.4 is 10.1 Å². The molecule has 122 valence electrons. The fraction of sp³-hybridized carbons (Fsp3) is 0.350. The summed E-state index contributed by atoms with van der Waals surface area (Å²) in [5.74, 6) is 1.06. The molecule has 2 aromatic rings. The Balaban J connectivity index is 2.17. The van der Waals surface area contributed by atoms with Gasteiger partial charge in [-0.25, -0.2) is 0 Å². The maximum Gasteiger partial charge on any atom is 0.118 e. The molecule has 0 heterocycles. The van der Waals surface area contributed by atoms with Crippen molar-refractivity contribution >= 4 is 17.2 Å². The van der Waals surface area contributed by atoms with Gasteiger partial charge in [0.25, 0.3) is 0 Å². The molecular formula is C20H25NOS. The van der Waals surface area contributed by atoms with Crippen molar-refractivity contribution in [3.63, 3.8) is 0 Å². The molecule has 0 aromatic heterocycles. The third-order valence-corrected chi connectivity index (χ3v) is 4.38. The first-order chi connectivity index (χ1) is 11.2. The second-order valence-electron chi connectivity index (χ2n) is 5.66. The van der Waals surface area contributed by atoms with Crippen LogP contribution in [0, 0.1) is 0 Å². The maximum atomic E-state index is 5.69. The van der Waals surface area contributed by atoms with Crippen LogP contribution in [0.4, 0.5) is 0 Å². The SMILES string of the molecule is CCCCNC(=S)C(Cc1ccccc1)c1ccc(OC)cc1. The second kappa shape index (κ2) is 9.31. The van der Waals surface area contributed by atoms with Gasteiger partial charge in [-0.2, -0.15) is 0 Å². The Bertz CT molecular complexity index is 595. The van der Waals surface area contributed by atoms with Crippen molar-refractivity contribution in [2.24, 2.45) is 0 Å². The van der Waals surface area contributed by atoms with Crippen LogP contribution in [0.2, 0.25) is 0 Å². The van der Waals surface area contributed by atoms with Gasteiger partial charge in [-0.05, 0) is 36.1 Å². The largest absolute Gasteiger partial charge is 0.497 e. The molecular weight excluding hydrogens is 302 g/mol. The summed E-state index contributed by atoms with van der Waals surface area (Å²) >= 11 is 5.69. The van der Waals surface area contributed by atoms with Gasteiger partial charge in [0.1, 0.15) is 5.75 Å². The molecule has 1 atom stereocenters. The molecule has 0 saturated heterocycles. The molecule has 0 fully saturated rings. The Morgan fingerprint density at radius 3 is 2.39 bits per heavy atom. The maximum absolute atomic E-state index is 5.69. The first-order valence-corrected chi connectivity index (χ1v) is 8.61. The molecule has 0 radical (unpaired) electrons. The molecule has 3 heteroatoms. The highest BCUT2D eigenvalue weighted by Crippen LogP contribution is 2.24. The Morgan fingerprint density at radius 1 is 1.09 bits per heavy atom. The van der Waals surface area contributed by atoms with Gasteiger partial charge in [0.05, 0.1) is 12.1 Å². The van der Waals surface area contributed by atoms with E-state index in [1.807, 2.05) is 18.2 Å². The van der Waals surface area contributed by atoms with Gasteiger partial charge in [-0.3, -0.25) is 0 Å². The van der Waals surface area contributed by atoms with Gasteiger partial charge >= 0.3 is 0 Å². The van der Waals surface area contributed by atoms with Crippen molar-refractivity contribution < 1.29 is 4.74 Å². The summed E-state index contributed by atoms with van der Waals surface area (Å²) in [7, 11) is 1.69.